The summed E-state index contributed by atoms with van der Waals surface area (Å²) >= 11 is 5.97. The quantitative estimate of drug-likeness (QED) is 0.515. The highest BCUT2D eigenvalue weighted by Crippen LogP contribution is 2.34. The van der Waals surface area contributed by atoms with Gasteiger partial charge in [0.2, 0.25) is 0 Å². The van der Waals surface area contributed by atoms with Gasteiger partial charge in [0.1, 0.15) is 17.2 Å². The predicted molar refractivity (Wildman–Crippen MR) is 130 cm³/mol. The van der Waals surface area contributed by atoms with Crippen molar-refractivity contribution in [3.05, 3.63) is 83.0 Å². The number of rotatable bonds is 6. The second-order valence-electron chi connectivity index (χ2n) is 9.40. The third-order valence-electron chi connectivity index (χ3n) is 7.14. The Bertz CT molecular complexity index is 1220. The number of likely N-dealkylation sites (tertiary alicyclic amines) is 1. The summed E-state index contributed by atoms with van der Waals surface area (Å²) < 4.78 is 15.3. The van der Waals surface area contributed by atoms with Crippen LogP contribution in [0.15, 0.2) is 60.9 Å². The van der Waals surface area contributed by atoms with Crippen molar-refractivity contribution in [2.75, 3.05) is 13.1 Å². The van der Waals surface area contributed by atoms with E-state index in [-0.39, 0.29) is 24.2 Å². The third-order valence-corrected chi connectivity index (χ3v) is 7.36. The van der Waals surface area contributed by atoms with Crippen molar-refractivity contribution in [1.29, 1.82) is 0 Å². The largest absolute Gasteiger partial charge is 0.325 e. The molecule has 7 nitrogen and oxygen atoms in total. The molecular formula is C26H27ClFN5O2. The number of nitrogens with one attached hydrogen (secondary N) is 1. The molecule has 1 aromatic carbocycles. The Labute approximate surface area is 208 Å². The molecule has 2 aliphatic rings. The van der Waals surface area contributed by atoms with Crippen LogP contribution in [0.4, 0.5) is 9.18 Å². The van der Waals surface area contributed by atoms with Gasteiger partial charge in [-0.2, -0.15) is 0 Å². The van der Waals surface area contributed by atoms with Crippen molar-refractivity contribution in [2.45, 2.75) is 38.4 Å². The lowest BCUT2D eigenvalue weighted by atomic mass is 9.79. The van der Waals surface area contributed by atoms with Crippen molar-refractivity contribution < 1.29 is 14.0 Å². The number of imide groups is 1. The standard InChI is InChI=1S/C26H27ClFN5O2/c1-26(24(34)33(25(35)30-26)16-18-4-7-21(28)8-5-18)19-10-13-31(14-11-19)17-22-3-2-12-32(22)23-9-6-20(27)15-29-23/h2-9,12,15,19H,10-11,13-14,16-17H2,1H3,(H,30,35)/t26-/m1/s1. The lowest BCUT2D eigenvalue weighted by molar-refractivity contribution is -0.133. The molecule has 0 bridgehead atoms. The molecule has 2 saturated heterocycles. The van der Waals surface area contributed by atoms with Crippen molar-refractivity contribution in [2.24, 2.45) is 5.92 Å². The van der Waals surface area contributed by atoms with Crippen LogP contribution in [0.25, 0.3) is 5.82 Å². The maximum atomic E-state index is 13.3. The van der Waals surface area contributed by atoms with Crippen LogP contribution in [-0.4, -0.2) is 49.9 Å². The average molecular weight is 496 g/mol. The molecule has 35 heavy (non-hydrogen) atoms. The number of pyridine rings is 1. The second kappa shape index (κ2) is 9.43. The van der Waals surface area contributed by atoms with Crippen LogP contribution in [0.5, 0.6) is 0 Å². The summed E-state index contributed by atoms with van der Waals surface area (Å²) in [6, 6.07) is 13.3. The molecule has 0 radical (unpaired) electrons. The lowest BCUT2D eigenvalue weighted by Crippen LogP contribution is -2.53. The van der Waals surface area contributed by atoms with E-state index in [9.17, 15) is 14.0 Å². The summed E-state index contributed by atoms with van der Waals surface area (Å²) in [7, 11) is 0. The van der Waals surface area contributed by atoms with Crippen LogP contribution in [-0.2, 0) is 17.9 Å². The zero-order valence-corrected chi connectivity index (χ0v) is 20.2. The Hall–Kier alpha value is -3.23. The van der Waals surface area contributed by atoms with E-state index in [2.05, 4.69) is 25.8 Å². The summed E-state index contributed by atoms with van der Waals surface area (Å²) in [6.07, 6.45) is 5.22. The molecule has 1 N–H and O–H groups in total. The van der Waals surface area contributed by atoms with E-state index in [4.69, 9.17) is 11.6 Å². The Kier molecular flexibility index (Phi) is 6.34. The Morgan fingerprint density at radius 3 is 2.51 bits per heavy atom. The minimum absolute atomic E-state index is 0.0399. The van der Waals surface area contributed by atoms with Gasteiger partial charge in [0.15, 0.2) is 0 Å². The summed E-state index contributed by atoms with van der Waals surface area (Å²) in [5.41, 5.74) is 0.906. The highest BCUT2D eigenvalue weighted by Gasteiger charge is 2.52. The molecule has 0 spiro atoms. The number of halogens is 2. The SMILES string of the molecule is C[C@]1(C2CCN(Cc3cccn3-c3ccc(Cl)cn3)CC2)NC(=O)N(Cc2ccc(F)cc2)C1=O. The third kappa shape index (κ3) is 4.68. The smallest absolute Gasteiger partial charge is 0.323 e. The average Bonchev–Trinajstić information content (AvgIpc) is 3.40. The number of piperidine rings is 1. The minimum Gasteiger partial charge on any atom is -0.323 e. The Balaban J connectivity index is 1.22. The van der Waals surface area contributed by atoms with Crippen LogP contribution in [0.2, 0.25) is 5.02 Å². The second-order valence-corrected chi connectivity index (χ2v) is 9.84. The number of amides is 3. The van der Waals surface area contributed by atoms with E-state index in [0.29, 0.717) is 10.6 Å². The van der Waals surface area contributed by atoms with Gasteiger partial charge in [-0.25, -0.2) is 14.2 Å². The topological polar surface area (TPSA) is 70.5 Å². The first-order chi connectivity index (χ1) is 16.8. The highest BCUT2D eigenvalue weighted by molar-refractivity contribution is 6.30. The molecule has 4 heterocycles. The predicted octanol–water partition coefficient (Wildman–Crippen LogP) is 4.39. The van der Waals surface area contributed by atoms with Gasteiger partial charge in [0.05, 0.1) is 11.6 Å². The van der Waals surface area contributed by atoms with Crippen LogP contribution < -0.4 is 5.32 Å². The maximum absolute atomic E-state index is 13.3. The molecule has 0 aliphatic carbocycles. The van der Waals surface area contributed by atoms with Gasteiger partial charge in [-0.1, -0.05) is 23.7 Å². The minimum atomic E-state index is -0.934. The molecule has 5 rings (SSSR count). The van der Waals surface area contributed by atoms with Gasteiger partial charge in [-0.15, -0.1) is 0 Å². The van der Waals surface area contributed by atoms with Gasteiger partial charge in [-0.3, -0.25) is 14.6 Å². The van der Waals surface area contributed by atoms with Crippen molar-refractivity contribution in [3.8, 4) is 5.82 Å². The molecule has 1 atom stereocenters. The van der Waals surface area contributed by atoms with Crippen LogP contribution in [0.3, 0.4) is 0 Å². The highest BCUT2D eigenvalue weighted by atomic mass is 35.5. The summed E-state index contributed by atoms with van der Waals surface area (Å²) in [5.74, 6) is 0.294. The van der Waals surface area contributed by atoms with Crippen LogP contribution >= 0.6 is 11.6 Å². The van der Waals surface area contributed by atoms with Gasteiger partial charge in [0.25, 0.3) is 5.91 Å². The van der Waals surface area contributed by atoms with E-state index in [1.165, 1.54) is 17.0 Å². The summed E-state index contributed by atoms with van der Waals surface area (Å²) in [6.45, 7) is 4.36. The number of carbonyl (C=O) groups is 2. The Morgan fingerprint density at radius 2 is 1.83 bits per heavy atom. The lowest BCUT2D eigenvalue weighted by Gasteiger charge is -2.39. The molecule has 9 heteroatoms. The fraction of sp³-hybridized carbons (Fsp3) is 0.346. The summed E-state index contributed by atoms with van der Waals surface area (Å²) in [5, 5.41) is 3.55. The van der Waals surface area contributed by atoms with Crippen LogP contribution in [0, 0.1) is 11.7 Å². The zero-order valence-electron chi connectivity index (χ0n) is 19.5. The molecule has 0 unspecified atom stereocenters. The van der Waals surface area contributed by atoms with Gasteiger partial charge < -0.3 is 9.88 Å². The van der Waals surface area contributed by atoms with E-state index >= 15 is 0 Å². The summed E-state index contributed by atoms with van der Waals surface area (Å²) in [4.78, 5) is 34.0. The normalized spacial score (nSPS) is 21.5. The fourth-order valence-electron chi connectivity index (χ4n) is 5.08. The number of hydrogen-bond donors (Lipinski definition) is 1. The number of carbonyl (C=O) groups excluding carboxylic acids is 2. The van der Waals surface area contributed by atoms with Gasteiger partial charge >= 0.3 is 6.03 Å². The molecule has 2 aromatic heterocycles. The fourth-order valence-corrected chi connectivity index (χ4v) is 5.20. The zero-order chi connectivity index (χ0) is 24.6. The van der Waals surface area contributed by atoms with Crippen molar-refractivity contribution in [3.63, 3.8) is 0 Å². The van der Waals surface area contributed by atoms with Crippen LogP contribution in [0.1, 0.15) is 31.0 Å². The number of nitrogens with zero attached hydrogens (tertiary/aromatic N) is 4. The first-order valence-corrected chi connectivity index (χ1v) is 12.1. The molecule has 182 valence electrons. The van der Waals surface area contributed by atoms with E-state index < -0.39 is 11.6 Å². The van der Waals surface area contributed by atoms with Gasteiger partial charge in [-0.05, 0) is 80.7 Å². The number of benzene rings is 1. The first kappa shape index (κ1) is 23.5. The van der Waals surface area contributed by atoms with E-state index in [1.54, 1.807) is 18.3 Å². The first-order valence-electron chi connectivity index (χ1n) is 11.7. The van der Waals surface area contributed by atoms with Crippen molar-refractivity contribution >= 4 is 23.5 Å². The number of hydrogen-bond acceptors (Lipinski definition) is 4. The van der Waals surface area contributed by atoms with Crippen molar-refractivity contribution in [1.82, 2.24) is 24.7 Å². The molecular weight excluding hydrogens is 469 g/mol. The monoisotopic (exact) mass is 495 g/mol. The van der Waals surface area contributed by atoms with Gasteiger partial charge in [0, 0.05) is 24.6 Å². The van der Waals surface area contributed by atoms with E-state index in [1.807, 2.05) is 31.3 Å². The number of urea groups is 1. The molecule has 3 aromatic rings. The maximum Gasteiger partial charge on any atom is 0.325 e. The number of aromatic nitrogens is 2. The molecule has 0 saturated carbocycles. The molecule has 3 amide bonds. The Morgan fingerprint density at radius 1 is 1.09 bits per heavy atom. The van der Waals surface area contributed by atoms with E-state index in [0.717, 1.165) is 44.0 Å². The molecule has 2 aliphatic heterocycles. The molecule has 2 fully saturated rings.